The number of thiophene rings is 1. The average Bonchev–Trinajstić information content (AvgIpc) is 3.11. The number of rotatable bonds is 12. The Labute approximate surface area is 163 Å². The third kappa shape index (κ3) is 8.07. The highest BCUT2D eigenvalue weighted by molar-refractivity contribution is 7.17. The van der Waals surface area contributed by atoms with Crippen LogP contribution in [0.25, 0.3) is 10.1 Å². The fourth-order valence-corrected chi connectivity index (χ4v) is 3.46. The summed E-state index contributed by atoms with van der Waals surface area (Å²) >= 11 is 1.76. The molecular weight excluding hydrogens is 366 g/mol. The monoisotopic (exact) mass is 393 g/mol. The number of carboxylic acids is 1. The topological polar surface area (TPSA) is 76.1 Å². The molecule has 7 heteroatoms. The highest BCUT2D eigenvalue weighted by Crippen LogP contribution is 2.21. The summed E-state index contributed by atoms with van der Waals surface area (Å²) in [5.74, 6) is -2.75. The van der Waals surface area contributed by atoms with Crippen molar-refractivity contribution in [2.24, 2.45) is 0 Å². The number of nitrogens with zero attached hydrogens (tertiary/aromatic N) is 1. The second-order valence-corrected chi connectivity index (χ2v) is 7.41. The van der Waals surface area contributed by atoms with Gasteiger partial charge in [0.15, 0.2) is 0 Å². The quantitative estimate of drug-likeness (QED) is 0.339. The molecule has 2 rings (SSSR count). The first-order valence-corrected chi connectivity index (χ1v) is 10.1. The van der Waals surface area contributed by atoms with E-state index >= 15 is 0 Å². The van der Waals surface area contributed by atoms with E-state index in [4.69, 9.17) is 9.84 Å². The molecular formula is C20H27NO5S. The van der Waals surface area contributed by atoms with Gasteiger partial charge in [-0.15, -0.1) is 11.3 Å². The lowest BCUT2D eigenvalue weighted by atomic mass is 10.1. The number of esters is 1. The Morgan fingerprint density at radius 3 is 2.74 bits per heavy atom. The Hall–Kier alpha value is -1.96. The van der Waals surface area contributed by atoms with Crippen molar-refractivity contribution in [3.63, 3.8) is 0 Å². The van der Waals surface area contributed by atoms with Gasteiger partial charge in [-0.05, 0) is 67.7 Å². The Balaban J connectivity index is 1.44. The maximum Gasteiger partial charge on any atom is 0.417 e. The van der Waals surface area contributed by atoms with Crippen LogP contribution in [0.4, 0.5) is 0 Å². The van der Waals surface area contributed by atoms with E-state index in [1.54, 1.807) is 11.3 Å². The fraction of sp³-hybridized carbons (Fsp3) is 0.500. The molecule has 1 heterocycles. The van der Waals surface area contributed by atoms with Gasteiger partial charge in [0.05, 0.1) is 6.61 Å². The largest absolute Gasteiger partial charge is 0.473 e. The van der Waals surface area contributed by atoms with E-state index in [-0.39, 0.29) is 6.61 Å². The molecule has 0 fully saturated rings. The van der Waals surface area contributed by atoms with Crippen LogP contribution in [0.2, 0.25) is 0 Å². The maximum atomic E-state index is 10.8. The summed E-state index contributed by atoms with van der Waals surface area (Å²) in [6.45, 7) is 3.02. The first-order chi connectivity index (χ1) is 13.1. The third-order valence-corrected chi connectivity index (χ3v) is 5.16. The summed E-state index contributed by atoms with van der Waals surface area (Å²) in [6.07, 6.45) is 4.05. The van der Waals surface area contributed by atoms with Crippen LogP contribution in [0, 0.1) is 0 Å². The van der Waals surface area contributed by atoms with Crippen LogP contribution < -0.4 is 0 Å². The minimum Gasteiger partial charge on any atom is -0.473 e. The number of fused-ring (bicyclic) bond motifs is 1. The zero-order valence-corrected chi connectivity index (χ0v) is 16.5. The van der Waals surface area contributed by atoms with E-state index in [1.807, 2.05) is 11.9 Å². The van der Waals surface area contributed by atoms with Crippen molar-refractivity contribution in [2.45, 2.75) is 25.7 Å². The van der Waals surface area contributed by atoms with Gasteiger partial charge in [0.25, 0.3) is 0 Å². The molecule has 0 aliphatic rings. The van der Waals surface area contributed by atoms with Crippen molar-refractivity contribution >= 4 is 33.4 Å². The van der Waals surface area contributed by atoms with Gasteiger partial charge in [0.2, 0.25) is 0 Å². The molecule has 2 aromatic rings. The minimum absolute atomic E-state index is 0.0991. The van der Waals surface area contributed by atoms with Gasteiger partial charge in [-0.25, -0.2) is 9.59 Å². The number of hydrogen-bond acceptors (Lipinski definition) is 6. The van der Waals surface area contributed by atoms with E-state index < -0.39 is 11.9 Å². The highest BCUT2D eigenvalue weighted by atomic mass is 32.1. The van der Waals surface area contributed by atoms with Crippen molar-refractivity contribution in [1.29, 1.82) is 0 Å². The molecule has 1 N–H and O–H groups in total. The average molecular weight is 394 g/mol. The lowest BCUT2D eigenvalue weighted by Gasteiger charge is -2.15. The van der Waals surface area contributed by atoms with Crippen LogP contribution in [-0.2, 0) is 25.5 Å². The van der Waals surface area contributed by atoms with Crippen molar-refractivity contribution in [1.82, 2.24) is 4.90 Å². The molecule has 0 radical (unpaired) electrons. The fourth-order valence-electron chi connectivity index (χ4n) is 2.69. The lowest BCUT2D eigenvalue weighted by Crippen LogP contribution is -2.27. The molecule has 0 spiro atoms. The number of carbonyl (C=O) groups excluding carboxylic acids is 1. The van der Waals surface area contributed by atoms with Gasteiger partial charge in [-0.3, -0.25) is 0 Å². The summed E-state index contributed by atoms with van der Waals surface area (Å²) in [5, 5.41) is 11.8. The standard InChI is InChI=1S/C20H27NO5S/c1-21(10-13-26-20(24)19(22)23)9-3-2-4-11-25-12-7-16-5-6-18-17(15-16)8-14-27-18/h5-6,8,14-15H,2-4,7,9-13H2,1H3,(H,22,23). The molecule has 0 amide bonds. The summed E-state index contributed by atoms with van der Waals surface area (Å²) in [7, 11) is 1.93. The normalized spacial score (nSPS) is 11.2. The van der Waals surface area contributed by atoms with Crippen LogP contribution in [0.5, 0.6) is 0 Å². The number of unbranched alkanes of at least 4 members (excludes halogenated alkanes) is 2. The predicted molar refractivity (Wildman–Crippen MR) is 106 cm³/mol. The van der Waals surface area contributed by atoms with E-state index in [2.05, 4.69) is 34.4 Å². The second-order valence-electron chi connectivity index (χ2n) is 6.46. The first-order valence-electron chi connectivity index (χ1n) is 9.19. The lowest BCUT2D eigenvalue weighted by molar-refractivity contribution is -0.164. The smallest absolute Gasteiger partial charge is 0.417 e. The summed E-state index contributed by atoms with van der Waals surface area (Å²) in [6, 6.07) is 8.73. The van der Waals surface area contributed by atoms with Crippen molar-refractivity contribution in [2.75, 3.05) is 40.0 Å². The molecule has 6 nitrogen and oxygen atoms in total. The van der Waals surface area contributed by atoms with E-state index in [9.17, 15) is 9.59 Å². The minimum atomic E-state index is -1.55. The molecule has 0 saturated carbocycles. The first kappa shape index (κ1) is 21.3. The second kappa shape index (κ2) is 11.7. The van der Waals surface area contributed by atoms with Gasteiger partial charge in [-0.2, -0.15) is 0 Å². The van der Waals surface area contributed by atoms with Crippen molar-refractivity contribution in [3.05, 3.63) is 35.2 Å². The van der Waals surface area contributed by atoms with E-state index in [0.717, 1.165) is 45.4 Å². The Morgan fingerprint density at radius 2 is 1.93 bits per heavy atom. The van der Waals surface area contributed by atoms with Gasteiger partial charge >= 0.3 is 11.9 Å². The molecule has 27 heavy (non-hydrogen) atoms. The molecule has 1 aromatic carbocycles. The zero-order valence-electron chi connectivity index (χ0n) is 15.7. The van der Waals surface area contributed by atoms with E-state index in [1.165, 1.54) is 15.6 Å². The van der Waals surface area contributed by atoms with Crippen LogP contribution in [0.3, 0.4) is 0 Å². The number of ether oxygens (including phenoxy) is 2. The van der Waals surface area contributed by atoms with E-state index in [0.29, 0.717) is 6.54 Å². The Bertz CT molecular complexity index is 730. The number of benzene rings is 1. The van der Waals surface area contributed by atoms with Crippen LogP contribution >= 0.6 is 11.3 Å². The SMILES string of the molecule is CN(CCCCCOCCc1ccc2sccc2c1)CCOC(=O)C(=O)O. The highest BCUT2D eigenvalue weighted by Gasteiger charge is 2.12. The maximum absolute atomic E-state index is 10.8. The summed E-state index contributed by atoms with van der Waals surface area (Å²) in [4.78, 5) is 23.1. The van der Waals surface area contributed by atoms with Crippen molar-refractivity contribution < 1.29 is 24.2 Å². The van der Waals surface area contributed by atoms with Gasteiger partial charge in [-0.1, -0.05) is 12.1 Å². The molecule has 0 aliphatic carbocycles. The number of likely N-dealkylation sites (N-methyl/N-ethyl adjacent to an activating group) is 1. The van der Waals surface area contributed by atoms with Crippen LogP contribution in [0.15, 0.2) is 29.6 Å². The molecule has 0 unspecified atom stereocenters. The van der Waals surface area contributed by atoms with Gasteiger partial charge in [0, 0.05) is 17.9 Å². The number of aliphatic carboxylic acids is 1. The Morgan fingerprint density at radius 1 is 1.07 bits per heavy atom. The van der Waals surface area contributed by atoms with Crippen LogP contribution in [0.1, 0.15) is 24.8 Å². The van der Waals surface area contributed by atoms with Crippen LogP contribution in [-0.4, -0.2) is 61.9 Å². The molecule has 0 bridgehead atoms. The summed E-state index contributed by atoms with van der Waals surface area (Å²) in [5.41, 5.74) is 1.31. The number of carboxylic acid groups (broad SMARTS) is 1. The van der Waals surface area contributed by atoms with Gasteiger partial charge in [0.1, 0.15) is 6.61 Å². The zero-order chi connectivity index (χ0) is 19.5. The molecule has 148 valence electrons. The third-order valence-electron chi connectivity index (χ3n) is 4.26. The number of hydrogen-bond donors (Lipinski definition) is 1. The predicted octanol–water partition coefficient (Wildman–Crippen LogP) is 3.19. The van der Waals surface area contributed by atoms with Crippen molar-refractivity contribution in [3.8, 4) is 0 Å². The molecule has 0 saturated heterocycles. The summed E-state index contributed by atoms with van der Waals surface area (Å²) < 4.78 is 11.7. The Kier molecular flexibility index (Phi) is 9.24. The van der Waals surface area contributed by atoms with Gasteiger partial charge < -0.3 is 19.5 Å². The molecule has 0 atom stereocenters. The number of carbonyl (C=O) groups is 2. The molecule has 0 aliphatic heterocycles. The molecule has 1 aromatic heterocycles.